The monoisotopic (exact) mass is 192 g/mol. The first-order valence-corrected chi connectivity index (χ1v) is 2.47. The van der Waals surface area contributed by atoms with Crippen LogP contribution in [0.3, 0.4) is 0 Å². The first-order chi connectivity index (χ1) is 5.28. The number of carbonyl (C=O) groups excluding carboxylic acids is 1. The molecule has 0 amide bonds. The van der Waals surface area contributed by atoms with E-state index >= 15 is 0 Å². The molecule has 6 nitrogen and oxygen atoms in total. The molecule has 0 aromatic carbocycles. The summed E-state index contributed by atoms with van der Waals surface area (Å²) in [6.45, 7) is 0. The van der Waals surface area contributed by atoms with Crippen LogP contribution in [0.15, 0.2) is 0 Å². The molecular weight excluding hydrogens is 188 g/mol. The fourth-order valence-corrected chi connectivity index (χ4v) is 0.257. The summed E-state index contributed by atoms with van der Waals surface area (Å²) in [5.41, 5.74) is 0. The van der Waals surface area contributed by atoms with Gasteiger partial charge in [-0.25, -0.2) is 9.59 Å². The number of hydrogen-bond donors (Lipinski definition) is 3. The molecule has 0 rings (SSSR count). The summed E-state index contributed by atoms with van der Waals surface area (Å²) < 4.78 is 27.1. The van der Waals surface area contributed by atoms with Gasteiger partial charge in [0.2, 0.25) is 0 Å². The van der Waals surface area contributed by atoms with Crippen molar-refractivity contribution in [3.05, 3.63) is 0 Å². The van der Waals surface area contributed by atoms with Gasteiger partial charge in [0.15, 0.2) is 0 Å². The molecular formula is C3H4BF2LiO6. The largest absolute Gasteiger partial charge is 1.00 e. The number of aliphatic carboxylic acids is 1. The van der Waals surface area contributed by atoms with Gasteiger partial charge in [0, 0.05) is 0 Å². The molecule has 0 radical (unpaired) electrons. The summed E-state index contributed by atoms with van der Waals surface area (Å²) in [5.74, 6) is -10.0. The topological polar surface area (TPSA) is 104 Å². The van der Waals surface area contributed by atoms with Crippen molar-refractivity contribution in [3.8, 4) is 0 Å². The summed E-state index contributed by atoms with van der Waals surface area (Å²) in [5, 5.41) is 23.4. The van der Waals surface area contributed by atoms with Gasteiger partial charge in [-0.1, -0.05) is 0 Å². The van der Waals surface area contributed by atoms with Crippen molar-refractivity contribution in [1.29, 1.82) is 0 Å². The van der Waals surface area contributed by atoms with Gasteiger partial charge in [0.05, 0.1) is 0 Å². The van der Waals surface area contributed by atoms with Gasteiger partial charge < -0.3 is 21.2 Å². The van der Waals surface area contributed by atoms with Crippen LogP contribution in [0.4, 0.5) is 8.78 Å². The third-order valence-electron chi connectivity index (χ3n) is 0.737. The maximum atomic E-state index is 12.0. The first kappa shape index (κ1) is 14.9. The number of carbonyl (C=O) groups is 2. The Labute approximate surface area is 84.3 Å². The molecule has 0 bridgehead atoms. The minimum Gasteiger partial charge on any atom is -1.00 e. The van der Waals surface area contributed by atoms with Crippen molar-refractivity contribution in [3.63, 3.8) is 0 Å². The van der Waals surface area contributed by atoms with E-state index in [1.165, 1.54) is 0 Å². The second-order valence-electron chi connectivity index (χ2n) is 1.61. The van der Waals surface area contributed by atoms with Crippen LogP contribution >= 0.6 is 0 Å². The van der Waals surface area contributed by atoms with Crippen LogP contribution in [-0.2, 0) is 14.2 Å². The molecule has 0 heterocycles. The Balaban J connectivity index is -0.000000605. The zero-order valence-electron chi connectivity index (χ0n) is 7.40. The molecule has 0 aliphatic heterocycles. The number of carboxylic acids is 1. The van der Waals surface area contributed by atoms with Crippen molar-refractivity contribution in [2.24, 2.45) is 0 Å². The zero-order chi connectivity index (χ0) is 9.94. The Morgan fingerprint density at radius 3 is 2.00 bits per heavy atom. The minimum absolute atomic E-state index is 0. The number of carboxylic acid groups (broad SMARTS) is 1. The van der Waals surface area contributed by atoms with E-state index in [9.17, 15) is 18.4 Å². The summed E-state index contributed by atoms with van der Waals surface area (Å²) >= 11 is 0. The Morgan fingerprint density at radius 2 is 1.77 bits per heavy atom. The number of hydrogen-bond acceptors (Lipinski definition) is 5. The Hall–Kier alpha value is -0.618. The molecule has 0 aromatic rings. The third-order valence-corrected chi connectivity index (χ3v) is 0.737. The van der Waals surface area contributed by atoms with E-state index < -0.39 is 25.2 Å². The number of halogens is 2. The van der Waals surface area contributed by atoms with Crippen LogP contribution in [0.2, 0.25) is 0 Å². The van der Waals surface area contributed by atoms with Crippen molar-refractivity contribution in [2.75, 3.05) is 0 Å². The van der Waals surface area contributed by atoms with Crippen LogP contribution in [0.5, 0.6) is 0 Å². The fraction of sp³-hybridized carbons (Fsp3) is 0.333. The SMILES string of the molecule is O=C(O)C(F)(F)C(=O)OB(O)O.[H-].[Li+]. The molecule has 0 aromatic heterocycles. The van der Waals surface area contributed by atoms with Gasteiger partial charge >= 0.3 is 44.0 Å². The van der Waals surface area contributed by atoms with Gasteiger partial charge in [0.1, 0.15) is 0 Å². The summed E-state index contributed by atoms with van der Waals surface area (Å²) in [4.78, 5) is 19.7. The van der Waals surface area contributed by atoms with E-state index in [1.54, 1.807) is 0 Å². The predicted octanol–water partition coefficient (Wildman–Crippen LogP) is -4.66. The second-order valence-corrected chi connectivity index (χ2v) is 1.61. The molecule has 0 aliphatic rings. The van der Waals surface area contributed by atoms with Gasteiger partial charge in [-0.05, 0) is 0 Å². The van der Waals surface area contributed by atoms with E-state index in [0.29, 0.717) is 0 Å². The average molecular weight is 192 g/mol. The summed E-state index contributed by atoms with van der Waals surface area (Å²) in [6.07, 6.45) is 0. The van der Waals surface area contributed by atoms with Crippen LogP contribution < -0.4 is 18.9 Å². The minimum atomic E-state index is -4.77. The normalized spacial score (nSPS) is 9.85. The molecule has 0 aliphatic carbocycles. The van der Waals surface area contributed by atoms with E-state index in [1.807, 2.05) is 0 Å². The molecule has 0 atom stereocenters. The molecule has 0 fully saturated rings. The quantitative estimate of drug-likeness (QED) is 0.306. The van der Waals surface area contributed by atoms with Crippen LogP contribution in [0, 0.1) is 0 Å². The van der Waals surface area contributed by atoms with E-state index in [-0.39, 0.29) is 20.3 Å². The Kier molecular flexibility index (Phi) is 5.94. The standard InChI is InChI=1S/C3H3BF2O6.Li.H/c5-3(6,1(7)8)2(9)12-4(10)11;;/h10-11H,(H,7,8);;/q;+1;-1. The van der Waals surface area contributed by atoms with Crippen molar-refractivity contribution in [2.45, 2.75) is 5.92 Å². The molecule has 0 saturated heterocycles. The van der Waals surface area contributed by atoms with Crippen LogP contribution in [0.1, 0.15) is 1.43 Å². The van der Waals surface area contributed by atoms with Gasteiger partial charge in [-0.15, -0.1) is 0 Å². The maximum Gasteiger partial charge on any atom is 1.00 e. The van der Waals surface area contributed by atoms with E-state index in [0.717, 1.165) is 0 Å². The number of alkyl halides is 2. The molecule has 10 heteroatoms. The smallest absolute Gasteiger partial charge is 1.00 e. The Morgan fingerprint density at radius 1 is 1.38 bits per heavy atom. The van der Waals surface area contributed by atoms with E-state index in [2.05, 4.69) is 4.65 Å². The zero-order valence-corrected chi connectivity index (χ0v) is 6.40. The Bertz CT molecular complexity index is 213. The van der Waals surface area contributed by atoms with Gasteiger partial charge in [-0.2, -0.15) is 8.78 Å². The van der Waals surface area contributed by atoms with Gasteiger partial charge in [0.25, 0.3) is 0 Å². The van der Waals surface area contributed by atoms with Crippen LogP contribution in [0.25, 0.3) is 0 Å². The van der Waals surface area contributed by atoms with E-state index in [4.69, 9.17) is 15.2 Å². The fourth-order valence-electron chi connectivity index (χ4n) is 0.257. The predicted molar refractivity (Wildman–Crippen MR) is 30.0 cm³/mol. The first-order valence-electron chi connectivity index (χ1n) is 2.47. The van der Waals surface area contributed by atoms with Crippen molar-refractivity contribution >= 4 is 19.3 Å². The van der Waals surface area contributed by atoms with Crippen molar-refractivity contribution in [1.82, 2.24) is 0 Å². The molecule has 0 spiro atoms. The second kappa shape index (κ2) is 5.19. The molecule has 0 unspecified atom stereocenters. The molecule has 70 valence electrons. The van der Waals surface area contributed by atoms with Crippen LogP contribution in [-0.4, -0.2) is 40.3 Å². The third kappa shape index (κ3) is 4.23. The summed E-state index contributed by atoms with van der Waals surface area (Å²) in [6, 6.07) is 0. The average Bonchev–Trinajstić information content (AvgIpc) is 1.85. The molecule has 3 N–H and O–H groups in total. The summed E-state index contributed by atoms with van der Waals surface area (Å²) in [7, 11) is -2.76. The van der Waals surface area contributed by atoms with Gasteiger partial charge in [-0.3, -0.25) is 0 Å². The molecule has 13 heavy (non-hydrogen) atoms. The van der Waals surface area contributed by atoms with Crippen molar-refractivity contribution < 1.29 is 58.5 Å². The maximum absolute atomic E-state index is 12.0. The molecule has 0 saturated carbocycles. The number of rotatable bonds is 3.